The number of nitrogens with one attached hydrogen (secondary N) is 1. The summed E-state index contributed by atoms with van der Waals surface area (Å²) in [4.78, 5) is 44.7. The summed E-state index contributed by atoms with van der Waals surface area (Å²) in [6, 6.07) is 4.80. The van der Waals surface area contributed by atoms with E-state index in [1.54, 1.807) is 0 Å². The minimum absolute atomic E-state index is 0.0000708. The number of piperazine rings is 1. The standard InChI is InChI=1S/C29H29F2N7O3/c1-14(2)22-27(33-10-9-32-22)38-26-16(11-18(31)23(35-26)21-17(30)7-6-8-20(21)41-5)24-25(29(38)40)36(4)28(39)19-12-34-15(3)13-37(19)24/h6-11,14-15,19,34H,12-13H2,1-5H3/t15-,19-/m1/s1. The van der Waals surface area contributed by atoms with Gasteiger partial charge in [-0.15, -0.1) is 0 Å². The number of nitrogens with zero attached hydrogens (tertiary/aromatic N) is 6. The van der Waals surface area contributed by atoms with Crippen LogP contribution in [0.3, 0.4) is 0 Å². The van der Waals surface area contributed by atoms with Gasteiger partial charge in [-0.05, 0) is 31.0 Å². The molecule has 1 amide bonds. The average Bonchev–Trinajstić information content (AvgIpc) is 2.95. The highest BCUT2D eigenvalue weighted by Gasteiger charge is 2.43. The maximum Gasteiger partial charge on any atom is 0.284 e. The van der Waals surface area contributed by atoms with E-state index in [1.807, 2.05) is 25.7 Å². The molecule has 0 spiro atoms. The molecular weight excluding hydrogens is 532 g/mol. The van der Waals surface area contributed by atoms with Gasteiger partial charge in [-0.3, -0.25) is 14.6 Å². The Bertz CT molecular complexity index is 1770. The van der Waals surface area contributed by atoms with E-state index in [9.17, 15) is 9.59 Å². The zero-order valence-electron chi connectivity index (χ0n) is 23.3. The van der Waals surface area contributed by atoms with E-state index < -0.39 is 23.2 Å². The second-order valence-corrected chi connectivity index (χ2v) is 10.6. The number of likely N-dealkylation sites (N-methyl/N-ethyl adjacent to an activating group) is 1. The van der Waals surface area contributed by atoms with E-state index in [1.165, 1.54) is 60.3 Å². The van der Waals surface area contributed by atoms with Crippen LogP contribution < -0.4 is 25.4 Å². The summed E-state index contributed by atoms with van der Waals surface area (Å²) in [7, 11) is 2.90. The van der Waals surface area contributed by atoms with Gasteiger partial charge < -0.3 is 19.9 Å². The summed E-state index contributed by atoms with van der Waals surface area (Å²) < 4.78 is 37.8. The molecule has 41 heavy (non-hydrogen) atoms. The minimum Gasteiger partial charge on any atom is -0.496 e. The van der Waals surface area contributed by atoms with Crippen LogP contribution in [0.5, 0.6) is 5.75 Å². The van der Waals surface area contributed by atoms with Gasteiger partial charge in [0.2, 0.25) is 0 Å². The van der Waals surface area contributed by atoms with Crippen LogP contribution in [0.1, 0.15) is 32.4 Å². The number of aromatic nitrogens is 4. The van der Waals surface area contributed by atoms with Crippen molar-refractivity contribution < 1.29 is 18.3 Å². The Kier molecular flexibility index (Phi) is 6.45. The van der Waals surface area contributed by atoms with Crippen molar-refractivity contribution in [2.24, 2.45) is 0 Å². The molecule has 2 atom stereocenters. The van der Waals surface area contributed by atoms with E-state index >= 15 is 8.78 Å². The maximum absolute atomic E-state index is 16.1. The number of methoxy groups -OCH3 is 1. The van der Waals surface area contributed by atoms with Crippen molar-refractivity contribution in [1.29, 1.82) is 0 Å². The van der Waals surface area contributed by atoms with Crippen molar-refractivity contribution in [2.75, 3.05) is 37.0 Å². The van der Waals surface area contributed by atoms with Gasteiger partial charge in [-0.2, -0.15) is 0 Å². The Morgan fingerprint density at radius 1 is 1.10 bits per heavy atom. The number of anilines is 2. The first kappa shape index (κ1) is 26.8. The molecule has 0 radical (unpaired) electrons. The molecule has 0 aliphatic carbocycles. The first-order valence-electron chi connectivity index (χ1n) is 13.3. The van der Waals surface area contributed by atoms with Crippen LogP contribution in [-0.4, -0.2) is 64.8 Å². The molecule has 0 unspecified atom stereocenters. The number of halogens is 2. The molecule has 212 valence electrons. The van der Waals surface area contributed by atoms with Gasteiger partial charge >= 0.3 is 0 Å². The summed E-state index contributed by atoms with van der Waals surface area (Å²) in [6.45, 7) is 6.55. The van der Waals surface area contributed by atoms with Crippen LogP contribution in [0.15, 0.2) is 41.5 Å². The van der Waals surface area contributed by atoms with E-state index in [0.29, 0.717) is 24.5 Å². The number of benzene rings is 1. The highest BCUT2D eigenvalue weighted by atomic mass is 19.1. The summed E-state index contributed by atoms with van der Waals surface area (Å²) in [5.41, 5.74) is -0.00553. The lowest BCUT2D eigenvalue weighted by Crippen LogP contribution is -2.64. The monoisotopic (exact) mass is 561 g/mol. The molecule has 0 saturated carbocycles. The lowest BCUT2D eigenvalue weighted by atomic mass is 9.99. The number of pyridine rings is 2. The predicted octanol–water partition coefficient (Wildman–Crippen LogP) is 3.40. The molecule has 2 aliphatic heterocycles. The van der Waals surface area contributed by atoms with Crippen LogP contribution in [0.25, 0.3) is 28.1 Å². The zero-order valence-corrected chi connectivity index (χ0v) is 23.3. The predicted molar refractivity (Wildman–Crippen MR) is 151 cm³/mol. The lowest BCUT2D eigenvalue weighted by molar-refractivity contribution is -0.120. The molecular formula is C29H29F2N7O3. The zero-order chi connectivity index (χ0) is 29.2. The van der Waals surface area contributed by atoms with E-state index in [4.69, 9.17) is 4.74 Å². The van der Waals surface area contributed by atoms with Crippen LogP contribution in [0.4, 0.5) is 20.2 Å². The van der Waals surface area contributed by atoms with Gasteiger partial charge in [0.05, 0.1) is 24.1 Å². The van der Waals surface area contributed by atoms with Crippen LogP contribution in [-0.2, 0) is 4.79 Å². The topological polar surface area (TPSA) is 105 Å². The number of rotatable bonds is 4. The van der Waals surface area contributed by atoms with Gasteiger partial charge in [0.15, 0.2) is 17.3 Å². The number of ether oxygens (including phenoxy) is 1. The third-order valence-corrected chi connectivity index (χ3v) is 7.69. The Morgan fingerprint density at radius 3 is 2.59 bits per heavy atom. The highest BCUT2D eigenvalue weighted by Crippen LogP contribution is 2.42. The Balaban J connectivity index is 1.79. The minimum atomic E-state index is -0.809. The van der Waals surface area contributed by atoms with Gasteiger partial charge in [0.25, 0.3) is 11.5 Å². The molecule has 2 aliphatic rings. The second kappa shape index (κ2) is 9.88. The third kappa shape index (κ3) is 4.04. The van der Waals surface area contributed by atoms with Crippen molar-refractivity contribution in [3.8, 4) is 22.8 Å². The number of hydrogen-bond donors (Lipinski definition) is 1. The molecule has 12 heteroatoms. The SMILES string of the molecule is COc1cccc(F)c1-c1nc2c(cc1F)c1c(c(=O)n2-c2nccnc2C(C)C)N(C)C(=O)[C@H]2CN[C@H](C)CN12. The van der Waals surface area contributed by atoms with Crippen molar-refractivity contribution in [2.45, 2.75) is 38.8 Å². The van der Waals surface area contributed by atoms with Crippen LogP contribution in [0.2, 0.25) is 0 Å². The van der Waals surface area contributed by atoms with Crippen LogP contribution >= 0.6 is 0 Å². The quantitative estimate of drug-likeness (QED) is 0.404. The smallest absolute Gasteiger partial charge is 0.284 e. The first-order valence-corrected chi connectivity index (χ1v) is 13.3. The fourth-order valence-corrected chi connectivity index (χ4v) is 5.76. The van der Waals surface area contributed by atoms with Gasteiger partial charge in [0, 0.05) is 44.0 Å². The number of fused-ring (bicyclic) bond motifs is 5. The number of carbonyl (C=O) groups is 1. The lowest BCUT2D eigenvalue weighted by Gasteiger charge is -2.46. The number of amides is 1. The average molecular weight is 562 g/mol. The van der Waals surface area contributed by atoms with Crippen molar-refractivity contribution in [3.05, 3.63) is 64.3 Å². The maximum atomic E-state index is 16.1. The van der Waals surface area contributed by atoms with E-state index in [2.05, 4.69) is 20.3 Å². The molecule has 1 aromatic carbocycles. The number of hydrogen-bond acceptors (Lipinski definition) is 8. The van der Waals surface area contributed by atoms with Gasteiger partial charge in [-0.1, -0.05) is 19.9 Å². The molecule has 3 aromatic heterocycles. The summed E-state index contributed by atoms with van der Waals surface area (Å²) in [5, 5.41) is 3.59. The summed E-state index contributed by atoms with van der Waals surface area (Å²) in [6.07, 6.45) is 2.97. The highest BCUT2D eigenvalue weighted by molar-refractivity contribution is 6.11. The fourth-order valence-electron chi connectivity index (χ4n) is 5.76. The molecule has 0 bridgehead atoms. The second-order valence-electron chi connectivity index (χ2n) is 10.6. The Labute approximate surface area is 234 Å². The van der Waals surface area contributed by atoms with E-state index in [0.717, 1.165) is 0 Å². The molecule has 1 fully saturated rings. The van der Waals surface area contributed by atoms with Crippen molar-refractivity contribution in [3.63, 3.8) is 0 Å². The molecule has 10 nitrogen and oxygen atoms in total. The molecule has 1 saturated heterocycles. The number of carbonyl (C=O) groups excluding carboxylic acids is 1. The van der Waals surface area contributed by atoms with Gasteiger partial charge in [0.1, 0.15) is 29.0 Å². The first-order chi connectivity index (χ1) is 19.6. The molecule has 5 heterocycles. The van der Waals surface area contributed by atoms with Gasteiger partial charge in [-0.25, -0.2) is 23.3 Å². The Morgan fingerprint density at radius 2 is 1.85 bits per heavy atom. The van der Waals surface area contributed by atoms with Crippen molar-refractivity contribution >= 4 is 28.3 Å². The van der Waals surface area contributed by atoms with Crippen LogP contribution in [0, 0.1) is 11.6 Å². The molecule has 6 rings (SSSR count). The van der Waals surface area contributed by atoms with E-state index in [-0.39, 0.29) is 57.4 Å². The third-order valence-electron chi connectivity index (χ3n) is 7.69. The molecule has 4 aromatic rings. The largest absolute Gasteiger partial charge is 0.496 e. The van der Waals surface area contributed by atoms with Crippen molar-refractivity contribution in [1.82, 2.24) is 24.8 Å². The fraction of sp³-hybridized carbons (Fsp3) is 0.345. The Hall–Kier alpha value is -4.45. The normalized spacial score (nSPS) is 18.6. The molecule has 1 N–H and O–H groups in total. The summed E-state index contributed by atoms with van der Waals surface area (Å²) >= 11 is 0. The summed E-state index contributed by atoms with van der Waals surface area (Å²) in [5.74, 6) is -1.65.